The first kappa shape index (κ1) is 13.3. The number of aliphatic hydroxyl groups is 1. The second kappa shape index (κ2) is 5.68. The third-order valence-electron chi connectivity index (χ3n) is 3.03. The molecule has 4 nitrogen and oxygen atoms in total. The lowest BCUT2D eigenvalue weighted by Gasteiger charge is -2.20. The lowest BCUT2D eigenvalue weighted by atomic mass is 10.0. The Morgan fingerprint density at radius 1 is 1.56 bits per heavy atom. The van der Waals surface area contributed by atoms with E-state index in [0.29, 0.717) is 43.3 Å². The van der Waals surface area contributed by atoms with Crippen molar-refractivity contribution in [2.24, 2.45) is 0 Å². The summed E-state index contributed by atoms with van der Waals surface area (Å²) < 4.78 is 5.16. The van der Waals surface area contributed by atoms with Gasteiger partial charge in [0.25, 0.3) is 0 Å². The summed E-state index contributed by atoms with van der Waals surface area (Å²) in [6.07, 6.45) is 0.654. The van der Waals surface area contributed by atoms with Gasteiger partial charge in [-0.15, -0.1) is 0 Å². The predicted molar refractivity (Wildman–Crippen MR) is 68.3 cm³/mol. The number of ether oxygens (including phenoxy) is 1. The van der Waals surface area contributed by atoms with E-state index in [1.165, 1.54) is 0 Å². The SMILES string of the molecule is N#Cc1ccc(CNCC2(O)CCOC2)c(Cl)c1. The fourth-order valence-corrected chi connectivity index (χ4v) is 2.17. The second-order valence-corrected chi connectivity index (χ2v) is 4.96. The number of halogens is 1. The van der Waals surface area contributed by atoms with E-state index in [1.54, 1.807) is 12.1 Å². The standard InChI is InChI=1S/C13H15ClN2O2/c14-12-5-10(6-15)1-2-11(12)7-16-8-13(17)3-4-18-9-13/h1-2,5,16-17H,3-4,7-9H2. The normalized spacial score (nSPS) is 22.9. The molecular formula is C13H15ClN2O2. The fourth-order valence-electron chi connectivity index (χ4n) is 1.93. The Labute approximate surface area is 111 Å². The number of hydrogen-bond acceptors (Lipinski definition) is 4. The minimum Gasteiger partial charge on any atom is -0.386 e. The maximum Gasteiger partial charge on any atom is 0.102 e. The Kier molecular flexibility index (Phi) is 4.20. The smallest absolute Gasteiger partial charge is 0.102 e. The average molecular weight is 267 g/mol. The van der Waals surface area contributed by atoms with E-state index in [4.69, 9.17) is 21.6 Å². The highest BCUT2D eigenvalue weighted by Crippen LogP contribution is 2.19. The van der Waals surface area contributed by atoms with Gasteiger partial charge >= 0.3 is 0 Å². The van der Waals surface area contributed by atoms with Crippen molar-refractivity contribution in [1.82, 2.24) is 5.32 Å². The van der Waals surface area contributed by atoms with E-state index in [-0.39, 0.29) is 0 Å². The summed E-state index contributed by atoms with van der Waals surface area (Å²) in [5, 5.41) is 22.5. The molecule has 1 atom stereocenters. The molecule has 0 aromatic heterocycles. The number of benzene rings is 1. The summed E-state index contributed by atoms with van der Waals surface area (Å²) in [6, 6.07) is 7.24. The molecule has 96 valence electrons. The van der Waals surface area contributed by atoms with Crippen LogP contribution in [0.15, 0.2) is 18.2 Å². The number of nitrogens with one attached hydrogen (secondary N) is 1. The molecule has 0 radical (unpaired) electrons. The molecule has 5 heteroatoms. The van der Waals surface area contributed by atoms with Gasteiger partial charge < -0.3 is 15.2 Å². The Hall–Kier alpha value is -1.12. The van der Waals surface area contributed by atoms with Crippen LogP contribution in [0.1, 0.15) is 17.5 Å². The van der Waals surface area contributed by atoms with Gasteiger partial charge in [-0.25, -0.2) is 0 Å². The van der Waals surface area contributed by atoms with Gasteiger partial charge in [-0.1, -0.05) is 17.7 Å². The molecular weight excluding hydrogens is 252 g/mol. The van der Waals surface area contributed by atoms with Crippen LogP contribution in [0.3, 0.4) is 0 Å². The Balaban J connectivity index is 1.89. The molecule has 1 saturated heterocycles. The molecule has 1 aliphatic rings. The summed E-state index contributed by atoms with van der Waals surface area (Å²) in [4.78, 5) is 0. The van der Waals surface area contributed by atoms with Crippen molar-refractivity contribution >= 4 is 11.6 Å². The molecule has 1 fully saturated rings. The van der Waals surface area contributed by atoms with Crippen LogP contribution >= 0.6 is 11.6 Å². The molecule has 1 heterocycles. The zero-order valence-electron chi connectivity index (χ0n) is 9.95. The Morgan fingerprint density at radius 2 is 2.39 bits per heavy atom. The molecule has 0 aliphatic carbocycles. The quantitative estimate of drug-likeness (QED) is 0.866. The van der Waals surface area contributed by atoms with E-state index in [2.05, 4.69) is 5.32 Å². The zero-order chi connectivity index (χ0) is 13.0. The molecule has 18 heavy (non-hydrogen) atoms. The van der Waals surface area contributed by atoms with Gasteiger partial charge in [0.05, 0.1) is 18.2 Å². The molecule has 2 N–H and O–H groups in total. The molecule has 0 bridgehead atoms. The molecule has 1 aromatic rings. The van der Waals surface area contributed by atoms with E-state index < -0.39 is 5.60 Å². The Morgan fingerprint density at radius 3 is 3.00 bits per heavy atom. The van der Waals surface area contributed by atoms with Crippen molar-refractivity contribution in [3.05, 3.63) is 34.3 Å². The maximum atomic E-state index is 10.1. The first-order valence-electron chi connectivity index (χ1n) is 5.82. The van der Waals surface area contributed by atoms with Gasteiger partial charge in [0, 0.05) is 31.1 Å². The molecule has 1 unspecified atom stereocenters. The minimum atomic E-state index is -0.765. The fraction of sp³-hybridized carbons (Fsp3) is 0.462. The average Bonchev–Trinajstić information content (AvgIpc) is 2.78. The molecule has 1 aromatic carbocycles. The van der Waals surface area contributed by atoms with Crippen LogP contribution in [0.4, 0.5) is 0 Å². The summed E-state index contributed by atoms with van der Waals surface area (Å²) in [5.74, 6) is 0. The van der Waals surface area contributed by atoms with Gasteiger partial charge in [-0.05, 0) is 17.7 Å². The van der Waals surface area contributed by atoms with Gasteiger partial charge in [0.1, 0.15) is 5.60 Å². The van der Waals surface area contributed by atoms with E-state index in [0.717, 1.165) is 5.56 Å². The number of nitriles is 1. The van der Waals surface area contributed by atoms with E-state index in [1.807, 2.05) is 12.1 Å². The van der Waals surface area contributed by atoms with Crippen molar-refractivity contribution in [2.75, 3.05) is 19.8 Å². The Bertz CT molecular complexity index is 465. The van der Waals surface area contributed by atoms with Crippen molar-refractivity contribution in [1.29, 1.82) is 5.26 Å². The summed E-state index contributed by atoms with van der Waals surface area (Å²) in [5.41, 5.74) is 0.698. The summed E-state index contributed by atoms with van der Waals surface area (Å²) >= 11 is 6.06. The van der Waals surface area contributed by atoms with Gasteiger partial charge in [0.15, 0.2) is 0 Å². The van der Waals surface area contributed by atoms with Gasteiger partial charge in [0.2, 0.25) is 0 Å². The van der Waals surface area contributed by atoms with Crippen LogP contribution in [0, 0.1) is 11.3 Å². The third-order valence-corrected chi connectivity index (χ3v) is 3.39. The highest BCUT2D eigenvalue weighted by Gasteiger charge is 2.31. The maximum absolute atomic E-state index is 10.1. The zero-order valence-corrected chi connectivity index (χ0v) is 10.7. The molecule has 0 spiro atoms. The van der Waals surface area contributed by atoms with Crippen LogP contribution in [0.25, 0.3) is 0 Å². The van der Waals surface area contributed by atoms with Crippen molar-refractivity contribution < 1.29 is 9.84 Å². The monoisotopic (exact) mass is 266 g/mol. The number of nitrogens with zero attached hydrogens (tertiary/aromatic N) is 1. The van der Waals surface area contributed by atoms with Gasteiger partial charge in [-0.2, -0.15) is 5.26 Å². The first-order valence-corrected chi connectivity index (χ1v) is 6.20. The predicted octanol–water partition coefficient (Wildman–Crippen LogP) is 1.45. The highest BCUT2D eigenvalue weighted by atomic mass is 35.5. The minimum absolute atomic E-state index is 0.376. The lowest BCUT2D eigenvalue weighted by Crippen LogP contribution is -2.40. The third kappa shape index (κ3) is 3.21. The van der Waals surface area contributed by atoms with Gasteiger partial charge in [-0.3, -0.25) is 0 Å². The summed E-state index contributed by atoms with van der Waals surface area (Å²) in [6.45, 7) is 2.02. The molecule has 0 saturated carbocycles. The number of rotatable bonds is 4. The lowest BCUT2D eigenvalue weighted by molar-refractivity contribution is 0.0268. The van der Waals surface area contributed by atoms with Crippen molar-refractivity contribution in [3.8, 4) is 6.07 Å². The first-order chi connectivity index (χ1) is 8.63. The van der Waals surface area contributed by atoms with Crippen molar-refractivity contribution in [3.63, 3.8) is 0 Å². The molecule has 2 rings (SSSR count). The van der Waals surface area contributed by atoms with Crippen LogP contribution in [0.5, 0.6) is 0 Å². The van der Waals surface area contributed by atoms with Crippen LogP contribution in [0.2, 0.25) is 5.02 Å². The van der Waals surface area contributed by atoms with Crippen LogP contribution in [-0.2, 0) is 11.3 Å². The highest BCUT2D eigenvalue weighted by molar-refractivity contribution is 6.31. The molecule has 0 amide bonds. The summed E-state index contributed by atoms with van der Waals surface area (Å²) in [7, 11) is 0. The van der Waals surface area contributed by atoms with Crippen LogP contribution in [-0.4, -0.2) is 30.5 Å². The second-order valence-electron chi connectivity index (χ2n) is 4.55. The van der Waals surface area contributed by atoms with E-state index in [9.17, 15) is 5.11 Å². The van der Waals surface area contributed by atoms with Crippen molar-refractivity contribution in [2.45, 2.75) is 18.6 Å². The molecule has 1 aliphatic heterocycles. The topological polar surface area (TPSA) is 65.3 Å². The van der Waals surface area contributed by atoms with E-state index >= 15 is 0 Å². The number of hydrogen-bond donors (Lipinski definition) is 2. The largest absolute Gasteiger partial charge is 0.386 e. The van der Waals surface area contributed by atoms with Crippen LogP contribution < -0.4 is 5.32 Å².